The number of halogens is 4. The van der Waals surface area contributed by atoms with Gasteiger partial charge >= 0.3 is 6.18 Å². The standard InChI is InChI=1S/C11H12ClF3N2O2/c1-6(11(13,14)15)19-5-10(18)17-7-2-3-8(12)9(16)4-7/h2-4,6H,5,16H2,1H3,(H,17,18). The molecule has 1 aromatic rings. The zero-order chi connectivity index (χ0) is 14.6. The minimum atomic E-state index is -4.50. The predicted octanol–water partition coefficient (Wildman–Crippen LogP) is 2.83. The van der Waals surface area contributed by atoms with Crippen molar-refractivity contribution in [3.05, 3.63) is 23.2 Å². The van der Waals surface area contributed by atoms with E-state index in [4.69, 9.17) is 17.3 Å². The second-order valence-corrected chi connectivity index (χ2v) is 4.19. The number of carbonyl (C=O) groups is 1. The Morgan fingerprint density at radius 2 is 2.16 bits per heavy atom. The summed E-state index contributed by atoms with van der Waals surface area (Å²) in [5.74, 6) is -0.710. The van der Waals surface area contributed by atoms with E-state index in [2.05, 4.69) is 10.1 Å². The van der Waals surface area contributed by atoms with Crippen molar-refractivity contribution in [2.75, 3.05) is 17.7 Å². The van der Waals surface area contributed by atoms with Crippen molar-refractivity contribution in [2.45, 2.75) is 19.2 Å². The van der Waals surface area contributed by atoms with Gasteiger partial charge in [0.05, 0.1) is 10.7 Å². The first-order chi connectivity index (χ1) is 8.70. The molecule has 1 atom stereocenters. The fourth-order valence-electron chi connectivity index (χ4n) is 1.11. The Hall–Kier alpha value is -1.47. The molecule has 1 rings (SSSR count). The molecule has 0 radical (unpaired) electrons. The van der Waals surface area contributed by atoms with Crippen LogP contribution in [-0.4, -0.2) is 24.8 Å². The third-order valence-corrected chi connectivity index (χ3v) is 2.55. The van der Waals surface area contributed by atoms with Gasteiger partial charge in [0.15, 0.2) is 6.10 Å². The Morgan fingerprint density at radius 3 is 2.68 bits per heavy atom. The van der Waals surface area contributed by atoms with E-state index in [1.807, 2.05) is 0 Å². The van der Waals surface area contributed by atoms with Gasteiger partial charge in [-0.25, -0.2) is 0 Å². The van der Waals surface area contributed by atoms with Crippen molar-refractivity contribution in [1.82, 2.24) is 0 Å². The molecule has 0 aromatic heterocycles. The van der Waals surface area contributed by atoms with Crippen molar-refractivity contribution in [2.24, 2.45) is 0 Å². The largest absolute Gasteiger partial charge is 0.414 e. The maximum Gasteiger partial charge on any atom is 0.414 e. The molecule has 0 heterocycles. The van der Waals surface area contributed by atoms with Gasteiger partial charge < -0.3 is 15.8 Å². The van der Waals surface area contributed by atoms with Gasteiger partial charge in [-0.3, -0.25) is 4.79 Å². The van der Waals surface area contributed by atoms with Crippen molar-refractivity contribution >= 4 is 28.9 Å². The van der Waals surface area contributed by atoms with Gasteiger partial charge in [0.1, 0.15) is 6.61 Å². The molecule has 1 amide bonds. The van der Waals surface area contributed by atoms with Crippen molar-refractivity contribution < 1.29 is 22.7 Å². The van der Waals surface area contributed by atoms with Crippen molar-refractivity contribution in [3.63, 3.8) is 0 Å². The van der Waals surface area contributed by atoms with Crippen LogP contribution in [0.4, 0.5) is 24.5 Å². The molecule has 8 heteroatoms. The second-order valence-electron chi connectivity index (χ2n) is 3.78. The van der Waals surface area contributed by atoms with Gasteiger partial charge in [-0.15, -0.1) is 0 Å². The summed E-state index contributed by atoms with van der Waals surface area (Å²) in [7, 11) is 0. The maximum atomic E-state index is 12.1. The number of amides is 1. The zero-order valence-corrected chi connectivity index (χ0v) is 10.7. The first kappa shape index (κ1) is 15.6. The average Bonchev–Trinajstić information content (AvgIpc) is 2.29. The van der Waals surface area contributed by atoms with Crippen LogP contribution in [0, 0.1) is 0 Å². The number of rotatable bonds is 4. The zero-order valence-electron chi connectivity index (χ0n) is 9.92. The minimum absolute atomic E-state index is 0.254. The number of hydrogen-bond donors (Lipinski definition) is 2. The van der Waals surface area contributed by atoms with E-state index < -0.39 is 24.8 Å². The third kappa shape index (κ3) is 4.96. The van der Waals surface area contributed by atoms with Crippen LogP contribution < -0.4 is 11.1 Å². The smallest absolute Gasteiger partial charge is 0.397 e. The Bertz CT molecular complexity index is 466. The van der Waals surface area contributed by atoms with Gasteiger partial charge in [0.2, 0.25) is 5.91 Å². The molecular formula is C11H12ClF3N2O2. The normalized spacial score (nSPS) is 13.1. The summed E-state index contributed by atoms with van der Waals surface area (Å²) < 4.78 is 40.8. The summed E-state index contributed by atoms with van der Waals surface area (Å²) in [5.41, 5.74) is 6.09. The van der Waals surface area contributed by atoms with E-state index >= 15 is 0 Å². The lowest BCUT2D eigenvalue weighted by Crippen LogP contribution is -2.32. The average molecular weight is 297 g/mol. The molecular weight excluding hydrogens is 285 g/mol. The minimum Gasteiger partial charge on any atom is -0.397 e. The lowest BCUT2D eigenvalue weighted by atomic mass is 10.3. The Kier molecular flexibility index (Phi) is 5.02. The van der Waals surface area contributed by atoms with E-state index in [0.29, 0.717) is 10.7 Å². The summed E-state index contributed by atoms with van der Waals surface area (Å²) in [4.78, 5) is 11.4. The van der Waals surface area contributed by atoms with Gasteiger partial charge in [0, 0.05) is 5.69 Å². The number of alkyl halides is 3. The van der Waals surface area contributed by atoms with Crippen LogP contribution >= 0.6 is 11.6 Å². The lowest BCUT2D eigenvalue weighted by molar-refractivity contribution is -0.213. The molecule has 19 heavy (non-hydrogen) atoms. The van der Waals surface area contributed by atoms with Crippen LogP contribution in [0.5, 0.6) is 0 Å². The van der Waals surface area contributed by atoms with E-state index in [1.54, 1.807) is 0 Å². The number of carbonyl (C=O) groups excluding carboxylic acids is 1. The van der Waals surface area contributed by atoms with E-state index in [9.17, 15) is 18.0 Å². The molecule has 0 aliphatic rings. The summed E-state index contributed by atoms with van der Waals surface area (Å²) in [6.07, 6.45) is -6.50. The van der Waals surface area contributed by atoms with Gasteiger partial charge in [-0.05, 0) is 25.1 Å². The molecule has 0 saturated carbocycles. The quantitative estimate of drug-likeness (QED) is 0.840. The predicted molar refractivity (Wildman–Crippen MR) is 66.0 cm³/mol. The number of benzene rings is 1. The van der Waals surface area contributed by atoms with Crippen LogP contribution in [0.2, 0.25) is 5.02 Å². The summed E-state index contributed by atoms with van der Waals surface area (Å²) in [5, 5.41) is 2.67. The molecule has 0 fully saturated rings. The number of anilines is 2. The first-order valence-electron chi connectivity index (χ1n) is 5.23. The topological polar surface area (TPSA) is 64.3 Å². The van der Waals surface area contributed by atoms with Gasteiger partial charge in [-0.2, -0.15) is 13.2 Å². The monoisotopic (exact) mass is 296 g/mol. The van der Waals surface area contributed by atoms with Crippen LogP contribution in [0.15, 0.2) is 18.2 Å². The molecule has 0 aliphatic carbocycles. The molecule has 0 saturated heterocycles. The molecule has 0 aliphatic heterocycles. The first-order valence-corrected chi connectivity index (χ1v) is 5.61. The Balaban J connectivity index is 2.49. The highest BCUT2D eigenvalue weighted by atomic mass is 35.5. The fraction of sp³-hybridized carbons (Fsp3) is 0.364. The van der Waals surface area contributed by atoms with Crippen LogP contribution in [0.25, 0.3) is 0 Å². The van der Waals surface area contributed by atoms with Crippen molar-refractivity contribution in [1.29, 1.82) is 0 Å². The van der Waals surface area contributed by atoms with E-state index in [0.717, 1.165) is 6.92 Å². The van der Waals surface area contributed by atoms with E-state index in [-0.39, 0.29) is 5.69 Å². The number of hydrogen-bond acceptors (Lipinski definition) is 3. The molecule has 4 nitrogen and oxygen atoms in total. The number of nitrogen functional groups attached to an aromatic ring is 1. The highest BCUT2D eigenvalue weighted by Crippen LogP contribution is 2.23. The third-order valence-electron chi connectivity index (χ3n) is 2.21. The van der Waals surface area contributed by atoms with Gasteiger partial charge in [-0.1, -0.05) is 11.6 Å². The van der Waals surface area contributed by atoms with Gasteiger partial charge in [0.25, 0.3) is 0 Å². The molecule has 106 valence electrons. The number of nitrogens with two attached hydrogens (primary N) is 1. The second kappa shape index (κ2) is 6.12. The summed E-state index contributed by atoms with van der Waals surface area (Å²) in [6, 6.07) is 4.34. The number of nitrogens with one attached hydrogen (secondary N) is 1. The Labute approximate surface area is 112 Å². The highest BCUT2D eigenvalue weighted by Gasteiger charge is 2.37. The molecule has 3 N–H and O–H groups in total. The van der Waals surface area contributed by atoms with Crippen LogP contribution in [-0.2, 0) is 9.53 Å². The van der Waals surface area contributed by atoms with E-state index in [1.165, 1.54) is 18.2 Å². The molecule has 0 spiro atoms. The lowest BCUT2D eigenvalue weighted by Gasteiger charge is -2.16. The number of ether oxygens (including phenoxy) is 1. The molecule has 1 aromatic carbocycles. The Morgan fingerprint density at radius 1 is 1.53 bits per heavy atom. The van der Waals surface area contributed by atoms with Crippen LogP contribution in [0.3, 0.4) is 0 Å². The summed E-state index contributed by atoms with van der Waals surface area (Å²) in [6.45, 7) is 0.122. The summed E-state index contributed by atoms with van der Waals surface area (Å²) >= 11 is 5.68. The molecule has 0 bridgehead atoms. The highest BCUT2D eigenvalue weighted by molar-refractivity contribution is 6.33. The fourth-order valence-corrected chi connectivity index (χ4v) is 1.23. The molecule has 1 unspecified atom stereocenters. The van der Waals surface area contributed by atoms with Crippen LogP contribution in [0.1, 0.15) is 6.92 Å². The maximum absolute atomic E-state index is 12.1. The SMILES string of the molecule is CC(OCC(=O)Nc1ccc(Cl)c(N)c1)C(F)(F)F. The van der Waals surface area contributed by atoms with Crippen molar-refractivity contribution in [3.8, 4) is 0 Å².